The second-order valence-electron chi connectivity index (χ2n) is 5.66. The van der Waals surface area contributed by atoms with Crippen molar-refractivity contribution in [2.24, 2.45) is 5.73 Å². The molecule has 0 saturated carbocycles. The van der Waals surface area contributed by atoms with Gasteiger partial charge < -0.3 is 21.1 Å². The number of esters is 1. The average molecular weight is 367 g/mol. The summed E-state index contributed by atoms with van der Waals surface area (Å²) in [6, 6.07) is 3.37. The Morgan fingerprint density at radius 2 is 1.73 bits per heavy atom. The van der Waals surface area contributed by atoms with E-state index in [9.17, 15) is 23.6 Å². The van der Waals surface area contributed by atoms with Crippen molar-refractivity contribution >= 4 is 23.7 Å². The Balaban J connectivity index is 2.81. The molecular formula is C17H22FN3O5. The Hall–Kier alpha value is -2.97. The van der Waals surface area contributed by atoms with Crippen LogP contribution in [0.5, 0.6) is 0 Å². The molecule has 0 heterocycles. The number of halogens is 1. The molecule has 3 amide bonds. The molecule has 0 aliphatic carbocycles. The van der Waals surface area contributed by atoms with E-state index in [2.05, 4.69) is 15.4 Å². The summed E-state index contributed by atoms with van der Waals surface area (Å²) in [6.07, 6.45) is -0.0432. The minimum Gasteiger partial charge on any atom is -0.469 e. The van der Waals surface area contributed by atoms with E-state index in [1.54, 1.807) is 0 Å². The fourth-order valence-corrected chi connectivity index (χ4v) is 2.23. The standard InChI is InChI=1S/C17H22FN3O5/c1-10(22)20-14(9-11-3-5-12(18)6-4-11)17(25)21-13(16(19)24)7-8-15(23)26-2/h3-6,13-14H,7-9H2,1-2H3,(H2,19,24)(H,20,22)(H,21,25)/t13-,14+/m1/s1. The third kappa shape index (κ3) is 7.29. The molecule has 1 aromatic rings. The maximum absolute atomic E-state index is 13.0. The number of hydrogen-bond donors (Lipinski definition) is 3. The SMILES string of the molecule is COC(=O)CC[C@@H](NC(=O)[C@H](Cc1ccc(F)cc1)NC(C)=O)C(N)=O. The highest BCUT2D eigenvalue weighted by molar-refractivity contribution is 5.91. The van der Waals surface area contributed by atoms with Gasteiger partial charge in [0.15, 0.2) is 0 Å². The van der Waals surface area contributed by atoms with Gasteiger partial charge in [-0.1, -0.05) is 12.1 Å². The third-order valence-corrected chi connectivity index (χ3v) is 3.57. The summed E-state index contributed by atoms with van der Waals surface area (Å²) in [4.78, 5) is 46.5. The Labute approximate surface area is 150 Å². The van der Waals surface area contributed by atoms with Gasteiger partial charge in [-0.15, -0.1) is 0 Å². The smallest absolute Gasteiger partial charge is 0.305 e. The van der Waals surface area contributed by atoms with Crippen LogP contribution < -0.4 is 16.4 Å². The zero-order chi connectivity index (χ0) is 19.7. The lowest BCUT2D eigenvalue weighted by Gasteiger charge is -2.21. The number of carbonyl (C=O) groups is 4. The van der Waals surface area contributed by atoms with E-state index < -0.39 is 41.6 Å². The largest absolute Gasteiger partial charge is 0.469 e. The molecule has 0 bridgehead atoms. The summed E-state index contributed by atoms with van der Waals surface area (Å²) in [7, 11) is 1.20. The van der Waals surface area contributed by atoms with Gasteiger partial charge in [-0.25, -0.2) is 4.39 Å². The number of amides is 3. The van der Waals surface area contributed by atoms with Crippen molar-refractivity contribution in [2.45, 2.75) is 38.3 Å². The molecule has 9 heteroatoms. The van der Waals surface area contributed by atoms with Crippen LogP contribution in [-0.4, -0.2) is 42.9 Å². The van der Waals surface area contributed by atoms with Crippen LogP contribution in [0.1, 0.15) is 25.3 Å². The van der Waals surface area contributed by atoms with Crippen LogP contribution in [0.25, 0.3) is 0 Å². The molecule has 0 aliphatic rings. The van der Waals surface area contributed by atoms with Crippen LogP contribution in [-0.2, 0) is 30.3 Å². The predicted octanol–water partition coefficient (Wildman–Crippen LogP) is -0.204. The Bertz CT molecular complexity index is 663. The Kier molecular flexibility index (Phi) is 8.20. The second kappa shape index (κ2) is 10.1. The fourth-order valence-electron chi connectivity index (χ4n) is 2.23. The number of nitrogens with two attached hydrogens (primary N) is 1. The van der Waals surface area contributed by atoms with Gasteiger partial charge in [0.2, 0.25) is 17.7 Å². The summed E-state index contributed by atoms with van der Waals surface area (Å²) in [5.74, 6) is -2.87. The molecule has 26 heavy (non-hydrogen) atoms. The summed E-state index contributed by atoms with van der Waals surface area (Å²) >= 11 is 0. The molecule has 1 rings (SSSR count). The van der Waals surface area contributed by atoms with E-state index in [1.165, 1.54) is 38.3 Å². The maximum atomic E-state index is 13.0. The van der Waals surface area contributed by atoms with Crippen molar-refractivity contribution in [2.75, 3.05) is 7.11 Å². The first-order valence-corrected chi connectivity index (χ1v) is 7.91. The molecule has 1 aromatic carbocycles. The number of hydrogen-bond acceptors (Lipinski definition) is 5. The van der Waals surface area contributed by atoms with Crippen molar-refractivity contribution in [1.82, 2.24) is 10.6 Å². The Morgan fingerprint density at radius 1 is 1.12 bits per heavy atom. The van der Waals surface area contributed by atoms with E-state index in [-0.39, 0.29) is 19.3 Å². The molecule has 0 saturated heterocycles. The van der Waals surface area contributed by atoms with E-state index in [4.69, 9.17) is 5.73 Å². The molecule has 8 nitrogen and oxygen atoms in total. The Morgan fingerprint density at radius 3 is 2.23 bits per heavy atom. The molecule has 142 valence electrons. The lowest BCUT2D eigenvalue weighted by molar-refractivity contribution is -0.141. The summed E-state index contributed by atoms with van der Waals surface area (Å²) in [5, 5.41) is 4.90. The highest BCUT2D eigenvalue weighted by atomic mass is 19.1. The minimum atomic E-state index is -1.09. The first kappa shape index (κ1) is 21.1. The topological polar surface area (TPSA) is 128 Å². The normalized spacial score (nSPS) is 12.6. The monoisotopic (exact) mass is 367 g/mol. The molecular weight excluding hydrogens is 345 g/mol. The van der Waals surface area contributed by atoms with Gasteiger partial charge in [-0.05, 0) is 24.1 Å². The molecule has 0 aromatic heterocycles. The van der Waals surface area contributed by atoms with Gasteiger partial charge in [-0.3, -0.25) is 19.2 Å². The average Bonchev–Trinajstić information content (AvgIpc) is 2.58. The van der Waals surface area contributed by atoms with Crippen molar-refractivity contribution < 1.29 is 28.3 Å². The molecule has 4 N–H and O–H groups in total. The number of rotatable bonds is 9. The summed E-state index contributed by atoms with van der Waals surface area (Å²) in [5.41, 5.74) is 5.86. The van der Waals surface area contributed by atoms with Gasteiger partial charge >= 0.3 is 5.97 Å². The fraction of sp³-hybridized carbons (Fsp3) is 0.412. The number of nitrogens with one attached hydrogen (secondary N) is 2. The zero-order valence-corrected chi connectivity index (χ0v) is 14.6. The predicted molar refractivity (Wildman–Crippen MR) is 90.1 cm³/mol. The zero-order valence-electron chi connectivity index (χ0n) is 14.6. The highest BCUT2D eigenvalue weighted by Crippen LogP contribution is 2.07. The van der Waals surface area contributed by atoms with E-state index in [1.807, 2.05) is 0 Å². The van der Waals surface area contributed by atoms with E-state index >= 15 is 0 Å². The summed E-state index contributed by atoms with van der Waals surface area (Å²) in [6.45, 7) is 1.24. The first-order chi connectivity index (χ1) is 12.2. The first-order valence-electron chi connectivity index (χ1n) is 7.91. The summed E-state index contributed by atoms with van der Waals surface area (Å²) < 4.78 is 17.5. The van der Waals surface area contributed by atoms with E-state index in [0.29, 0.717) is 5.56 Å². The molecule has 0 aliphatic heterocycles. The molecule has 0 spiro atoms. The third-order valence-electron chi connectivity index (χ3n) is 3.57. The maximum Gasteiger partial charge on any atom is 0.305 e. The van der Waals surface area contributed by atoms with Gasteiger partial charge in [-0.2, -0.15) is 0 Å². The highest BCUT2D eigenvalue weighted by Gasteiger charge is 2.25. The lowest BCUT2D eigenvalue weighted by Crippen LogP contribution is -2.53. The molecule has 0 fully saturated rings. The molecule has 2 atom stereocenters. The minimum absolute atomic E-state index is 0.0307. The van der Waals surface area contributed by atoms with Gasteiger partial charge in [0, 0.05) is 19.8 Å². The number of primary amides is 1. The molecule has 0 radical (unpaired) electrons. The van der Waals surface area contributed by atoms with E-state index in [0.717, 1.165) is 0 Å². The lowest BCUT2D eigenvalue weighted by atomic mass is 10.0. The van der Waals surface area contributed by atoms with Crippen LogP contribution in [0.2, 0.25) is 0 Å². The van der Waals surface area contributed by atoms with Gasteiger partial charge in [0.05, 0.1) is 7.11 Å². The molecule has 0 unspecified atom stereocenters. The van der Waals surface area contributed by atoms with Crippen LogP contribution in [0, 0.1) is 5.82 Å². The number of carbonyl (C=O) groups excluding carboxylic acids is 4. The van der Waals surface area contributed by atoms with Crippen molar-refractivity contribution in [3.05, 3.63) is 35.6 Å². The van der Waals surface area contributed by atoms with Crippen molar-refractivity contribution in [3.8, 4) is 0 Å². The van der Waals surface area contributed by atoms with Crippen molar-refractivity contribution in [1.29, 1.82) is 0 Å². The van der Waals surface area contributed by atoms with Gasteiger partial charge in [0.1, 0.15) is 17.9 Å². The van der Waals surface area contributed by atoms with Crippen LogP contribution >= 0.6 is 0 Å². The number of methoxy groups -OCH3 is 1. The van der Waals surface area contributed by atoms with Gasteiger partial charge in [0.25, 0.3) is 0 Å². The van der Waals surface area contributed by atoms with Crippen LogP contribution in [0.4, 0.5) is 4.39 Å². The van der Waals surface area contributed by atoms with Crippen LogP contribution in [0.15, 0.2) is 24.3 Å². The van der Waals surface area contributed by atoms with Crippen LogP contribution in [0.3, 0.4) is 0 Å². The quantitative estimate of drug-likeness (QED) is 0.521. The second-order valence-corrected chi connectivity index (χ2v) is 5.66. The van der Waals surface area contributed by atoms with Crippen molar-refractivity contribution in [3.63, 3.8) is 0 Å². The number of benzene rings is 1. The number of ether oxygens (including phenoxy) is 1.